The van der Waals surface area contributed by atoms with E-state index in [0.29, 0.717) is 18.7 Å². The van der Waals surface area contributed by atoms with Gasteiger partial charge in [-0.25, -0.2) is 0 Å². The minimum absolute atomic E-state index is 0.0276. The zero-order valence-electron chi connectivity index (χ0n) is 14.1. The fourth-order valence-corrected chi connectivity index (χ4v) is 2.52. The molecule has 1 unspecified atom stereocenters. The zero-order valence-corrected chi connectivity index (χ0v) is 14.1. The van der Waals surface area contributed by atoms with Crippen LogP contribution in [0.1, 0.15) is 52.4 Å². The van der Waals surface area contributed by atoms with Crippen LogP contribution in [0.15, 0.2) is 0 Å². The van der Waals surface area contributed by atoms with Gasteiger partial charge in [-0.2, -0.15) is 5.10 Å². The lowest BCUT2D eigenvalue weighted by Crippen LogP contribution is -2.42. The first-order valence-corrected chi connectivity index (χ1v) is 7.66. The van der Waals surface area contributed by atoms with E-state index in [2.05, 4.69) is 38.1 Å². The third-order valence-electron chi connectivity index (χ3n) is 3.76. The van der Waals surface area contributed by atoms with Crippen LogP contribution < -0.4 is 5.32 Å². The van der Waals surface area contributed by atoms with Gasteiger partial charge in [-0.15, -0.1) is 0 Å². The summed E-state index contributed by atoms with van der Waals surface area (Å²) < 4.78 is 1.76. The predicted molar refractivity (Wildman–Crippen MR) is 84.5 cm³/mol. The molecule has 0 saturated carbocycles. The van der Waals surface area contributed by atoms with Crippen LogP contribution in [0.2, 0.25) is 0 Å². The highest BCUT2D eigenvalue weighted by Crippen LogP contribution is 2.29. The summed E-state index contributed by atoms with van der Waals surface area (Å²) in [6, 6.07) is 0.178. The Bertz CT molecular complexity index is 489. The molecule has 0 aliphatic heterocycles. The van der Waals surface area contributed by atoms with E-state index in [9.17, 15) is 10.1 Å². The largest absolute Gasteiger partial charge is 0.313 e. The highest BCUT2D eigenvalue weighted by molar-refractivity contribution is 5.41. The van der Waals surface area contributed by atoms with E-state index >= 15 is 0 Å². The maximum Gasteiger partial charge on any atom is 0.313 e. The molecule has 120 valence electrons. The number of aromatic nitrogens is 2. The van der Waals surface area contributed by atoms with Gasteiger partial charge in [0.1, 0.15) is 11.4 Å². The summed E-state index contributed by atoms with van der Waals surface area (Å²) in [5.41, 5.74) is 1.42. The van der Waals surface area contributed by atoms with E-state index in [4.69, 9.17) is 0 Å². The number of rotatable bonds is 7. The normalized spacial score (nSPS) is 13.4. The van der Waals surface area contributed by atoms with Crippen molar-refractivity contribution in [3.63, 3.8) is 0 Å². The molecule has 0 bridgehead atoms. The molecule has 0 aromatic carbocycles. The van der Waals surface area contributed by atoms with Gasteiger partial charge in [0.25, 0.3) is 0 Å². The Hall–Kier alpha value is -1.43. The quantitative estimate of drug-likeness (QED) is 0.620. The summed E-state index contributed by atoms with van der Waals surface area (Å²) in [4.78, 5) is 11.0. The van der Waals surface area contributed by atoms with Gasteiger partial charge in [0.2, 0.25) is 0 Å². The lowest BCUT2D eigenvalue weighted by molar-refractivity contribution is -0.386. The molecule has 1 aromatic heterocycles. The Morgan fingerprint density at radius 3 is 2.43 bits per heavy atom. The molecule has 6 heteroatoms. The van der Waals surface area contributed by atoms with Crippen molar-refractivity contribution < 1.29 is 4.92 Å². The van der Waals surface area contributed by atoms with Crippen molar-refractivity contribution in [3.8, 4) is 0 Å². The Labute approximate surface area is 127 Å². The lowest BCUT2D eigenvalue weighted by atomic mass is 9.83. The van der Waals surface area contributed by atoms with Gasteiger partial charge in [-0.3, -0.25) is 14.8 Å². The molecule has 0 amide bonds. The summed E-state index contributed by atoms with van der Waals surface area (Å²) in [5, 5.41) is 19.2. The average molecular weight is 296 g/mol. The van der Waals surface area contributed by atoms with Gasteiger partial charge in [-0.05, 0) is 32.2 Å². The number of hydrogen-bond donors (Lipinski definition) is 1. The summed E-state index contributed by atoms with van der Waals surface area (Å²) in [6.45, 7) is 13.8. The lowest BCUT2D eigenvalue weighted by Gasteiger charge is -2.31. The van der Waals surface area contributed by atoms with Crippen LogP contribution in [0.5, 0.6) is 0 Å². The number of aryl methyl sites for hydroxylation is 2. The molecule has 1 rings (SSSR count). The van der Waals surface area contributed by atoms with Crippen molar-refractivity contribution >= 4 is 5.69 Å². The molecule has 1 heterocycles. The van der Waals surface area contributed by atoms with E-state index in [0.717, 1.165) is 18.7 Å². The number of nitrogens with zero attached hydrogens (tertiary/aromatic N) is 3. The van der Waals surface area contributed by atoms with Crippen LogP contribution in [0.4, 0.5) is 5.69 Å². The summed E-state index contributed by atoms with van der Waals surface area (Å²) in [5.74, 6) is 0. The van der Waals surface area contributed by atoms with Crippen LogP contribution >= 0.6 is 0 Å². The van der Waals surface area contributed by atoms with Crippen molar-refractivity contribution in [2.24, 2.45) is 5.41 Å². The maximum atomic E-state index is 11.3. The van der Waals surface area contributed by atoms with Crippen molar-refractivity contribution in [1.29, 1.82) is 0 Å². The van der Waals surface area contributed by atoms with Crippen LogP contribution in [0.3, 0.4) is 0 Å². The molecule has 1 atom stereocenters. The summed E-state index contributed by atoms with van der Waals surface area (Å²) in [7, 11) is 0. The molecule has 0 saturated heterocycles. The molecule has 0 aliphatic carbocycles. The van der Waals surface area contributed by atoms with Crippen molar-refractivity contribution in [2.45, 2.75) is 67.0 Å². The van der Waals surface area contributed by atoms with Gasteiger partial charge in [0, 0.05) is 19.0 Å². The molecule has 0 radical (unpaired) electrons. The smallest absolute Gasteiger partial charge is 0.313 e. The molecule has 0 fully saturated rings. The number of nitro groups is 1. The second-order valence-corrected chi connectivity index (χ2v) is 6.53. The maximum absolute atomic E-state index is 11.3. The van der Waals surface area contributed by atoms with Crippen molar-refractivity contribution in [3.05, 3.63) is 21.5 Å². The molecular formula is C15H28N4O2. The van der Waals surface area contributed by atoms with Gasteiger partial charge < -0.3 is 5.32 Å². The fourth-order valence-electron chi connectivity index (χ4n) is 2.52. The monoisotopic (exact) mass is 296 g/mol. The Morgan fingerprint density at radius 1 is 1.38 bits per heavy atom. The Morgan fingerprint density at radius 2 is 2.00 bits per heavy atom. The van der Waals surface area contributed by atoms with Crippen LogP contribution in [0, 0.1) is 22.5 Å². The standard InChI is InChI=1S/C15H28N4O2/c1-7-9-16-13(15(4,5)6)10-12-14(19(20)21)11(3)17-18(12)8-2/h13,16H,7-10H2,1-6H3. The van der Waals surface area contributed by atoms with Crippen LogP contribution in [0.25, 0.3) is 0 Å². The van der Waals surface area contributed by atoms with Gasteiger partial charge in [-0.1, -0.05) is 27.7 Å². The molecule has 0 spiro atoms. The van der Waals surface area contributed by atoms with Crippen LogP contribution in [-0.2, 0) is 13.0 Å². The average Bonchev–Trinajstić information content (AvgIpc) is 2.69. The Kier molecular flexibility index (Phi) is 5.89. The molecule has 6 nitrogen and oxygen atoms in total. The molecule has 1 aromatic rings. The summed E-state index contributed by atoms with van der Waals surface area (Å²) in [6.07, 6.45) is 1.66. The van der Waals surface area contributed by atoms with E-state index in [1.807, 2.05) is 6.92 Å². The zero-order chi connectivity index (χ0) is 16.2. The van der Waals surface area contributed by atoms with Crippen molar-refractivity contribution in [1.82, 2.24) is 15.1 Å². The van der Waals surface area contributed by atoms with E-state index in [-0.39, 0.29) is 22.1 Å². The first-order valence-electron chi connectivity index (χ1n) is 7.66. The first kappa shape index (κ1) is 17.6. The fraction of sp³-hybridized carbons (Fsp3) is 0.800. The SMILES string of the molecule is CCCNC(Cc1c([N+](=O)[O-])c(C)nn1CC)C(C)(C)C. The van der Waals surface area contributed by atoms with E-state index in [1.54, 1.807) is 11.6 Å². The Balaban J connectivity index is 3.15. The van der Waals surface area contributed by atoms with E-state index < -0.39 is 0 Å². The molecule has 0 aliphatic rings. The number of hydrogen-bond acceptors (Lipinski definition) is 4. The summed E-state index contributed by atoms with van der Waals surface area (Å²) >= 11 is 0. The second-order valence-electron chi connectivity index (χ2n) is 6.53. The van der Waals surface area contributed by atoms with Gasteiger partial charge in [0.05, 0.1) is 4.92 Å². The number of nitrogens with one attached hydrogen (secondary N) is 1. The van der Waals surface area contributed by atoms with Crippen LogP contribution in [-0.4, -0.2) is 27.3 Å². The predicted octanol–water partition coefficient (Wildman–Crippen LogP) is 3.08. The molecule has 1 N–H and O–H groups in total. The second kappa shape index (κ2) is 7.02. The molecule has 21 heavy (non-hydrogen) atoms. The molecular weight excluding hydrogens is 268 g/mol. The minimum atomic E-state index is -0.302. The van der Waals surface area contributed by atoms with Gasteiger partial charge >= 0.3 is 5.69 Å². The van der Waals surface area contributed by atoms with Gasteiger partial charge in [0.15, 0.2) is 0 Å². The highest BCUT2D eigenvalue weighted by Gasteiger charge is 2.31. The third-order valence-corrected chi connectivity index (χ3v) is 3.76. The third kappa shape index (κ3) is 4.27. The van der Waals surface area contributed by atoms with E-state index in [1.165, 1.54) is 0 Å². The minimum Gasteiger partial charge on any atom is -0.313 e. The topological polar surface area (TPSA) is 73.0 Å². The first-order chi connectivity index (χ1) is 9.72. The highest BCUT2D eigenvalue weighted by atomic mass is 16.6. The van der Waals surface area contributed by atoms with Crippen molar-refractivity contribution in [2.75, 3.05) is 6.54 Å².